The lowest BCUT2D eigenvalue weighted by Gasteiger charge is -2.37. The van der Waals surface area contributed by atoms with Gasteiger partial charge in [-0.2, -0.15) is 0 Å². The molecule has 1 aromatic heterocycles. The van der Waals surface area contributed by atoms with E-state index in [2.05, 4.69) is 20.9 Å². The number of methoxy groups -OCH3 is 1. The number of Topliss-reactive ketones (excluding diaryl/α,β-unsaturated/α-hetero) is 1. The molecule has 3 heterocycles. The molecule has 6 nitrogen and oxygen atoms in total. The van der Waals surface area contributed by atoms with Crippen molar-refractivity contribution in [1.29, 1.82) is 0 Å². The van der Waals surface area contributed by atoms with Gasteiger partial charge in [0.15, 0.2) is 11.5 Å². The van der Waals surface area contributed by atoms with E-state index in [1.165, 1.54) is 0 Å². The highest BCUT2D eigenvalue weighted by molar-refractivity contribution is 9.09. The van der Waals surface area contributed by atoms with Gasteiger partial charge in [-0.3, -0.25) is 14.5 Å². The molecule has 0 N–H and O–H groups in total. The van der Waals surface area contributed by atoms with E-state index in [9.17, 15) is 9.59 Å². The van der Waals surface area contributed by atoms with Gasteiger partial charge in [-0.1, -0.05) is 34.1 Å². The Morgan fingerprint density at radius 1 is 1.16 bits per heavy atom. The zero-order valence-electron chi connectivity index (χ0n) is 17.4. The van der Waals surface area contributed by atoms with E-state index < -0.39 is 6.04 Å². The molecule has 7 heteroatoms. The van der Waals surface area contributed by atoms with Crippen LogP contribution < -0.4 is 9.64 Å². The van der Waals surface area contributed by atoms with E-state index in [1.807, 2.05) is 43.3 Å². The van der Waals surface area contributed by atoms with Crippen molar-refractivity contribution in [3.63, 3.8) is 0 Å². The van der Waals surface area contributed by atoms with Crippen LogP contribution in [0, 0.1) is 12.8 Å². The van der Waals surface area contributed by atoms with Gasteiger partial charge < -0.3 is 9.47 Å². The van der Waals surface area contributed by atoms with Gasteiger partial charge in [-0.05, 0) is 56.0 Å². The maximum Gasteiger partial charge on any atom is 0.295 e. The summed E-state index contributed by atoms with van der Waals surface area (Å²) >= 11 is 3.67. The van der Waals surface area contributed by atoms with Crippen molar-refractivity contribution in [2.75, 3.05) is 12.0 Å². The molecule has 1 saturated carbocycles. The Bertz CT molecular complexity index is 1100. The Balaban J connectivity index is 1.66. The third-order valence-corrected chi connectivity index (χ3v) is 7.15. The number of ether oxygens (including phenoxy) is 2. The standard InChI is InChI=1S/C24H23BrN2O4/c1-13-5-3-8-19(26-13)27-21(14-6-4-7-16(11-14)30-2)20-22(28)17-12-15(25)9-10-18(17)31-23(20)24(27)29/h3-8,11,15,17-18,21H,9-10,12H2,1-2H3. The number of halogens is 1. The van der Waals surface area contributed by atoms with Crippen molar-refractivity contribution < 1.29 is 19.1 Å². The summed E-state index contributed by atoms with van der Waals surface area (Å²) in [5, 5.41) is 0. The van der Waals surface area contributed by atoms with Gasteiger partial charge in [-0.15, -0.1) is 0 Å². The Kier molecular flexibility index (Phi) is 5.08. The lowest BCUT2D eigenvalue weighted by Crippen LogP contribution is -2.41. The maximum atomic E-state index is 13.7. The van der Waals surface area contributed by atoms with Crippen LogP contribution in [-0.2, 0) is 14.3 Å². The first-order valence-corrected chi connectivity index (χ1v) is 11.4. The topological polar surface area (TPSA) is 68.7 Å². The Labute approximate surface area is 189 Å². The van der Waals surface area contributed by atoms with Gasteiger partial charge in [0.25, 0.3) is 5.91 Å². The highest BCUT2D eigenvalue weighted by Crippen LogP contribution is 2.48. The predicted molar refractivity (Wildman–Crippen MR) is 119 cm³/mol. The number of nitrogens with zero attached hydrogens (tertiary/aromatic N) is 2. The van der Waals surface area contributed by atoms with Crippen molar-refractivity contribution in [3.8, 4) is 5.75 Å². The minimum absolute atomic E-state index is 0.00622. The number of aromatic nitrogens is 1. The molecule has 4 atom stereocenters. The molecule has 1 aliphatic carbocycles. The zero-order valence-corrected chi connectivity index (χ0v) is 19.0. The van der Waals surface area contributed by atoms with Gasteiger partial charge in [0.1, 0.15) is 17.7 Å². The number of benzene rings is 1. The van der Waals surface area contributed by atoms with E-state index >= 15 is 0 Å². The maximum absolute atomic E-state index is 13.7. The number of carbonyl (C=O) groups is 2. The molecule has 3 aliphatic rings. The third-order valence-electron chi connectivity index (χ3n) is 6.31. The van der Waals surface area contributed by atoms with E-state index in [-0.39, 0.29) is 34.3 Å². The van der Waals surface area contributed by atoms with Crippen LogP contribution >= 0.6 is 15.9 Å². The lowest BCUT2D eigenvalue weighted by molar-refractivity contribution is -0.131. The van der Waals surface area contributed by atoms with E-state index in [4.69, 9.17) is 9.47 Å². The number of carbonyl (C=O) groups excluding carboxylic acids is 2. The normalized spacial score (nSPS) is 27.6. The van der Waals surface area contributed by atoms with Crippen LogP contribution in [-0.4, -0.2) is 34.7 Å². The van der Waals surface area contributed by atoms with Gasteiger partial charge in [0, 0.05) is 10.5 Å². The quantitative estimate of drug-likeness (QED) is 0.610. The third kappa shape index (κ3) is 3.35. The summed E-state index contributed by atoms with van der Waals surface area (Å²) in [7, 11) is 1.60. The van der Waals surface area contributed by atoms with Gasteiger partial charge in [0.05, 0.1) is 24.6 Å². The second kappa shape index (κ2) is 7.79. The average molecular weight is 483 g/mol. The SMILES string of the molecule is COc1cccc(C2C3=C(OC4CCC(Br)CC4C3=O)C(=O)N2c2cccc(C)n2)c1. The summed E-state index contributed by atoms with van der Waals surface area (Å²) in [6.45, 7) is 1.88. The fourth-order valence-corrected chi connectivity index (χ4v) is 5.51. The number of hydrogen-bond acceptors (Lipinski definition) is 5. The molecule has 5 rings (SSSR count). The lowest BCUT2D eigenvalue weighted by atomic mass is 9.77. The van der Waals surface area contributed by atoms with Crippen molar-refractivity contribution >= 4 is 33.4 Å². The molecule has 1 aromatic carbocycles. The Hall–Kier alpha value is -2.67. The van der Waals surface area contributed by atoms with Crippen LogP contribution in [0.25, 0.3) is 0 Å². The highest BCUT2D eigenvalue weighted by Gasteiger charge is 2.53. The molecule has 2 aromatic rings. The second-order valence-corrected chi connectivity index (χ2v) is 9.57. The molecule has 0 spiro atoms. The number of aryl methyl sites for hydroxylation is 1. The summed E-state index contributed by atoms with van der Waals surface area (Å²) in [4.78, 5) is 33.8. The molecule has 31 heavy (non-hydrogen) atoms. The minimum atomic E-state index is -0.601. The summed E-state index contributed by atoms with van der Waals surface area (Å²) in [5.41, 5.74) is 2.02. The summed E-state index contributed by atoms with van der Waals surface area (Å²) in [6, 6.07) is 12.4. The molecule has 1 amide bonds. The van der Waals surface area contributed by atoms with Gasteiger partial charge >= 0.3 is 0 Å². The number of amides is 1. The first-order valence-electron chi connectivity index (χ1n) is 10.5. The Morgan fingerprint density at radius 3 is 2.74 bits per heavy atom. The Morgan fingerprint density at radius 2 is 1.97 bits per heavy atom. The molecular formula is C24H23BrN2O4. The van der Waals surface area contributed by atoms with Crippen molar-refractivity contribution in [2.24, 2.45) is 5.92 Å². The highest BCUT2D eigenvalue weighted by atomic mass is 79.9. The minimum Gasteiger partial charge on any atom is -0.497 e. The first kappa shape index (κ1) is 20.2. The number of fused-ring (bicyclic) bond motifs is 1. The van der Waals surface area contributed by atoms with Crippen molar-refractivity contribution in [1.82, 2.24) is 4.98 Å². The molecule has 4 unspecified atom stereocenters. The molecular weight excluding hydrogens is 460 g/mol. The zero-order chi connectivity index (χ0) is 21.7. The van der Waals surface area contributed by atoms with Crippen LogP contribution in [0.5, 0.6) is 5.75 Å². The van der Waals surface area contributed by atoms with Crippen LogP contribution in [0.15, 0.2) is 53.8 Å². The summed E-state index contributed by atoms with van der Waals surface area (Å²) in [5.74, 6) is 0.792. The first-order chi connectivity index (χ1) is 15.0. The number of pyridine rings is 1. The molecule has 1 fully saturated rings. The molecule has 0 radical (unpaired) electrons. The van der Waals surface area contributed by atoms with Crippen molar-refractivity contribution in [2.45, 2.75) is 43.2 Å². The predicted octanol–water partition coefficient (Wildman–Crippen LogP) is 4.27. The average Bonchev–Trinajstić information content (AvgIpc) is 3.07. The summed E-state index contributed by atoms with van der Waals surface area (Å²) in [6.07, 6.45) is 2.14. The molecule has 160 valence electrons. The largest absolute Gasteiger partial charge is 0.497 e. The van der Waals surface area contributed by atoms with Crippen LogP contribution in [0.1, 0.15) is 36.6 Å². The van der Waals surface area contributed by atoms with Crippen LogP contribution in [0.3, 0.4) is 0 Å². The number of ketones is 1. The summed E-state index contributed by atoms with van der Waals surface area (Å²) < 4.78 is 11.6. The molecule has 0 saturated heterocycles. The number of hydrogen-bond donors (Lipinski definition) is 0. The van der Waals surface area contributed by atoms with Crippen molar-refractivity contribution in [3.05, 3.63) is 65.1 Å². The molecule has 0 bridgehead atoms. The fourth-order valence-electron chi connectivity index (χ4n) is 4.84. The van der Waals surface area contributed by atoms with E-state index in [0.29, 0.717) is 23.6 Å². The number of rotatable bonds is 3. The molecule has 2 aliphatic heterocycles. The smallest absolute Gasteiger partial charge is 0.295 e. The van der Waals surface area contributed by atoms with Gasteiger partial charge in [-0.25, -0.2) is 4.98 Å². The monoisotopic (exact) mass is 482 g/mol. The number of anilines is 1. The van der Waals surface area contributed by atoms with Gasteiger partial charge in [0.2, 0.25) is 0 Å². The fraction of sp³-hybridized carbons (Fsp3) is 0.375. The second-order valence-electron chi connectivity index (χ2n) is 8.27. The van der Waals surface area contributed by atoms with E-state index in [0.717, 1.165) is 24.1 Å². The van der Waals surface area contributed by atoms with E-state index in [1.54, 1.807) is 18.1 Å². The number of alkyl halides is 1. The van der Waals surface area contributed by atoms with Crippen LogP contribution in [0.2, 0.25) is 0 Å². The van der Waals surface area contributed by atoms with Crippen LogP contribution in [0.4, 0.5) is 5.82 Å².